The van der Waals surface area contributed by atoms with E-state index in [4.69, 9.17) is 5.73 Å². The Morgan fingerprint density at radius 3 is 2.88 bits per heavy atom. The summed E-state index contributed by atoms with van der Waals surface area (Å²) in [4.78, 5) is 11.9. The Morgan fingerprint density at radius 2 is 2.12 bits per heavy atom. The molecular formula is C13H12N4. The van der Waals surface area contributed by atoms with Crippen molar-refractivity contribution in [3.8, 4) is 11.4 Å². The lowest BCUT2D eigenvalue weighted by Crippen LogP contribution is -1.85. The van der Waals surface area contributed by atoms with Gasteiger partial charge in [0, 0.05) is 18.0 Å². The number of aromatic amines is 1. The lowest BCUT2D eigenvalue weighted by atomic mass is 10.2. The molecule has 0 aliphatic carbocycles. The molecule has 3 aromatic rings. The predicted molar refractivity (Wildman–Crippen MR) is 68.5 cm³/mol. The van der Waals surface area contributed by atoms with E-state index >= 15 is 0 Å². The van der Waals surface area contributed by atoms with Gasteiger partial charge in [-0.2, -0.15) is 0 Å². The average molecular weight is 224 g/mol. The predicted octanol–water partition coefficient (Wildman–Crippen LogP) is 2.52. The fourth-order valence-corrected chi connectivity index (χ4v) is 1.88. The van der Waals surface area contributed by atoms with Gasteiger partial charge in [0.2, 0.25) is 0 Å². The molecule has 17 heavy (non-hydrogen) atoms. The van der Waals surface area contributed by atoms with Gasteiger partial charge < -0.3 is 10.7 Å². The number of nitrogens with zero attached hydrogens (tertiary/aromatic N) is 2. The minimum absolute atomic E-state index is 0.686. The number of hydrogen-bond acceptors (Lipinski definition) is 3. The maximum absolute atomic E-state index is 5.88. The van der Waals surface area contributed by atoms with Gasteiger partial charge >= 0.3 is 0 Å². The summed E-state index contributed by atoms with van der Waals surface area (Å²) in [6.45, 7) is 2.01. The van der Waals surface area contributed by atoms with E-state index in [1.54, 1.807) is 6.20 Å². The Bertz CT molecular complexity index is 685. The van der Waals surface area contributed by atoms with Gasteiger partial charge in [0.15, 0.2) is 0 Å². The lowest BCUT2D eigenvalue weighted by molar-refractivity contribution is 1.24. The van der Waals surface area contributed by atoms with Crippen molar-refractivity contribution in [2.75, 3.05) is 5.73 Å². The van der Waals surface area contributed by atoms with Crippen LogP contribution in [0, 0.1) is 6.92 Å². The number of nitrogens with two attached hydrogens (primary N) is 1. The van der Waals surface area contributed by atoms with Crippen LogP contribution in [-0.2, 0) is 0 Å². The lowest BCUT2D eigenvalue weighted by Gasteiger charge is -1.96. The fourth-order valence-electron chi connectivity index (χ4n) is 1.88. The van der Waals surface area contributed by atoms with Gasteiger partial charge in [-0.25, -0.2) is 4.98 Å². The molecular weight excluding hydrogens is 212 g/mol. The van der Waals surface area contributed by atoms with Crippen molar-refractivity contribution in [2.45, 2.75) is 6.92 Å². The van der Waals surface area contributed by atoms with E-state index in [0.29, 0.717) is 5.69 Å². The Labute approximate surface area is 98.5 Å². The number of benzene rings is 1. The molecule has 0 atom stereocenters. The molecule has 0 fully saturated rings. The Kier molecular flexibility index (Phi) is 2.08. The smallest absolute Gasteiger partial charge is 0.140 e. The van der Waals surface area contributed by atoms with E-state index in [0.717, 1.165) is 28.0 Å². The number of aromatic nitrogens is 3. The van der Waals surface area contributed by atoms with Gasteiger partial charge in [-0.15, -0.1) is 0 Å². The molecule has 3 N–H and O–H groups in total. The van der Waals surface area contributed by atoms with E-state index in [9.17, 15) is 0 Å². The third kappa shape index (κ3) is 1.63. The number of aryl methyl sites for hydroxylation is 1. The maximum atomic E-state index is 5.88. The second-order valence-electron chi connectivity index (χ2n) is 4.08. The largest absolute Gasteiger partial charge is 0.397 e. The summed E-state index contributed by atoms with van der Waals surface area (Å²) in [6, 6.07) is 7.77. The third-order valence-corrected chi connectivity index (χ3v) is 2.69. The van der Waals surface area contributed by atoms with Gasteiger partial charge in [0.1, 0.15) is 11.3 Å². The molecule has 0 radical (unpaired) electrons. The van der Waals surface area contributed by atoms with E-state index in [1.165, 1.54) is 0 Å². The molecule has 0 saturated heterocycles. The van der Waals surface area contributed by atoms with Crippen molar-refractivity contribution in [3.63, 3.8) is 0 Å². The number of rotatable bonds is 1. The zero-order chi connectivity index (χ0) is 11.8. The summed E-state index contributed by atoms with van der Waals surface area (Å²) in [5.74, 6) is 0.800. The van der Waals surface area contributed by atoms with Crippen LogP contribution in [0.3, 0.4) is 0 Å². The maximum Gasteiger partial charge on any atom is 0.140 e. The molecule has 0 spiro atoms. The first kappa shape index (κ1) is 9.84. The molecule has 0 aliphatic rings. The summed E-state index contributed by atoms with van der Waals surface area (Å²) in [7, 11) is 0. The van der Waals surface area contributed by atoms with Crippen molar-refractivity contribution in [1.82, 2.24) is 15.0 Å². The minimum atomic E-state index is 0.686. The van der Waals surface area contributed by atoms with Crippen LogP contribution in [0.15, 0.2) is 36.7 Å². The van der Waals surface area contributed by atoms with Crippen LogP contribution in [0.1, 0.15) is 5.56 Å². The quantitative estimate of drug-likeness (QED) is 0.624. The molecule has 0 aliphatic heterocycles. The second-order valence-corrected chi connectivity index (χ2v) is 4.08. The number of imidazole rings is 1. The highest BCUT2D eigenvalue weighted by molar-refractivity contribution is 5.89. The average Bonchev–Trinajstić information content (AvgIpc) is 2.74. The van der Waals surface area contributed by atoms with Gasteiger partial charge in [0.05, 0.1) is 11.2 Å². The number of hydrogen-bond donors (Lipinski definition) is 2. The van der Waals surface area contributed by atoms with Gasteiger partial charge in [-0.1, -0.05) is 6.07 Å². The fraction of sp³-hybridized carbons (Fsp3) is 0.0769. The number of H-pyrrole nitrogens is 1. The Hall–Kier alpha value is -2.36. The van der Waals surface area contributed by atoms with E-state index in [2.05, 4.69) is 15.0 Å². The number of pyridine rings is 1. The summed E-state index contributed by atoms with van der Waals surface area (Å²) in [5.41, 5.74) is 10.4. The van der Waals surface area contributed by atoms with E-state index < -0.39 is 0 Å². The SMILES string of the molecule is Cc1cncc(-c2nc3c(N)cccc3[nH]2)c1. The summed E-state index contributed by atoms with van der Waals surface area (Å²) >= 11 is 0. The summed E-state index contributed by atoms with van der Waals surface area (Å²) in [5, 5.41) is 0. The minimum Gasteiger partial charge on any atom is -0.397 e. The molecule has 0 unspecified atom stereocenters. The van der Waals surface area contributed by atoms with Gasteiger partial charge in [-0.05, 0) is 30.7 Å². The first-order valence-electron chi connectivity index (χ1n) is 5.40. The van der Waals surface area contributed by atoms with Gasteiger partial charge in [0.25, 0.3) is 0 Å². The highest BCUT2D eigenvalue weighted by Crippen LogP contribution is 2.23. The first-order chi connectivity index (χ1) is 8.24. The zero-order valence-corrected chi connectivity index (χ0v) is 9.44. The van der Waals surface area contributed by atoms with Crippen LogP contribution in [-0.4, -0.2) is 15.0 Å². The van der Waals surface area contributed by atoms with Crippen LogP contribution in [0.2, 0.25) is 0 Å². The molecule has 4 nitrogen and oxygen atoms in total. The zero-order valence-electron chi connectivity index (χ0n) is 9.44. The summed E-state index contributed by atoms with van der Waals surface area (Å²) in [6.07, 6.45) is 3.61. The third-order valence-electron chi connectivity index (χ3n) is 2.69. The highest BCUT2D eigenvalue weighted by atomic mass is 14.9. The first-order valence-corrected chi connectivity index (χ1v) is 5.40. The highest BCUT2D eigenvalue weighted by Gasteiger charge is 2.07. The number of fused-ring (bicyclic) bond motifs is 1. The van der Waals surface area contributed by atoms with E-state index in [1.807, 2.05) is 37.4 Å². The van der Waals surface area contributed by atoms with Crippen LogP contribution in [0.25, 0.3) is 22.4 Å². The standard InChI is InChI=1S/C13H12N4/c1-8-5-9(7-15-6-8)13-16-11-4-2-3-10(14)12(11)17-13/h2-7H,14H2,1H3,(H,16,17). The van der Waals surface area contributed by atoms with Crippen molar-refractivity contribution < 1.29 is 0 Å². The monoisotopic (exact) mass is 224 g/mol. The van der Waals surface area contributed by atoms with Crippen LogP contribution in [0.5, 0.6) is 0 Å². The van der Waals surface area contributed by atoms with Crippen molar-refractivity contribution in [3.05, 3.63) is 42.2 Å². The molecule has 4 heteroatoms. The Morgan fingerprint density at radius 1 is 1.24 bits per heavy atom. The second kappa shape index (κ2) is 3.59. The van der Waals surface area contributed by atoms with Crippen LogP contribution >= 0.6 is 0 Å². The number of anilines is 1. The molecule has 3 rings (SSSR count). The van der Waals surface area contributed by atoms with Crippen LogP contribution < -0.4 is 5.73 Å². The number of nitrogen functional groups attached to an aromatic ring is 1. The number of para-hydroxylation sites is 1. The topological polar surface area (TPSA) is 67.6 Å². The molecule has 2 heterocycles. The normalized spacial score (nSPS) is 10.9. The van der Waals surface area contributed by atoms with Crippen molar-refractivity contribution in [1.29, 1.82) is 0 Å². The molecule has 2 aromatic heterocycles. The molecule has 0 bridgehead atoms. The molecule has 1 aromatic carbocycles. The van der Waals surface area contributed by atoms with Crippen molar-refractivity contribution in [2.24, 2.45) is 0 Å². The van der Waals surface area contributed by atoms with E-state index in [-0.39, 0.29) is 0 Å². The molecule has 0 amide bonds. The van der Waals surface area contributed by atoms with Gasteiger partial charge in [-0.3, -0.25) is 4.98 Å². The van der Waals surface area contributed by atoms with Crippen molar-refractivity contribution >= 4 is 16.7 Å². The molecule has 84 valence electrons. The molecule has 0 saturated carbocycles. The van der Waals surface area contributed by atoms with Crippen LogP contribution in [0.4, 0.5) is 5.69 Å². The summed E-state index contributed by atoms with van der Waals surface area (Å²) < 4.78 is 0. The number of nitrogens with one attached hydrogen (secondary N) is 1. The Balaban J connectivity index is 2.22.